The molecule has 2 aromatic rings. The van der Waals surface area contributed by atoms with Gasteiger partial charge in [-0.3, -0.25) is 4.79 Å². The minimum Gasteiger partial charge on any atom is -0.481 e. The molecule has 21 heavy (non-hydrogen) atoms. The summed E-state index contributed by atoms with van der Waals surface area (Å²) in [5, 5.41) is 10.8. The van der Waals surface area contributed by atoms with Gasteiger partial charge < -0.3 is 5.11 Å². The summed E-state index contributed by atoms with van der Waals surface area (Å²) in [6.07, 6.45) is 3.50. The van der Waals surface area contributed by atoms with Crippen molar-refractivity contribution in [2.45, 2.75) is 57.3 Å². The lowest BCUT2D eigenvalue weighted by Crippen LogP contribution is -2.32. The first kappa shape index (κ1) is 14.5. The molecule has 1 aromatic heterocycles. The lowest BCUT2D eigenvalue weighted by molar-refractivity contribution is -0.143. The molecule has 1 fully saturated rings. The Bertz CT molecular complexity index is 690. The summed E-state index contributed by atoms with van der Waals surface area (Å²) in [6.45, 7) is 6.46. The fraction of sp³-hybridized carbons (Fsp3) is 0.529. The average Bonchev–Trinajstić information content (AvgIpc) is 3.04. The Morgan fingerprint density at radius 1 is 1.29 bits per heavy atom. The van der Waals surface area contributed by atoms with Crippen LogP contribution in [0.15, 0.2) is 18.2 Å². The van der Waals surface area contributed by atoms with Gasteiger partial charge in [0.1, 0.15) is 0 Å². The van der Waals surface area contributed by atoms with Crippen LogP contribution in [0.3, 0.4) is 0 Å². The van der Waals surface area contributed by atoms with Crippen molar-refractivity contribution in [1.29, 1.82) is 0 Å². The number of nitrogens with zero attached hydrogens (tertiary/aromatic N) is 1. The number of carboxylic acids is 1. The van der Waals surface area contributed by atoms with E-state index >= 15 is 0 Å². The van der Waals surface area contributed by atoms with Gasteiger partial charge in [-0.05, 0) is 30.5 Å². The molecule has 0 spiro atoms. The van der Waals surface area contributed by atoms with Gasteiger partial charge in [-0.2, -0.15) is 0 Å². The third kappa shape index (κ3) is 2.35. The molecule has 1 aliphatic rings. The molecule has 1 saturated carbocycles. The molecule has 0 atom stereocenters. The number of carbonyl (C=O) groups is 1. The predicted octanol–water partition coefficient (Wildman–Crippen LogP) is 4.49. The Labute approximate surface area is 129 Å². The van der Waals surface area contributed by atoms with Crippen LogP contribution in [-0.2, 0) is 15.6 Å². The molecular weight excluding hydrogens is 282 g/mol. The second-order valence-electron chi connectivity index (χ2n) is 7.05. The van der Waals surface area contributed by atoms with Gasteiger partial charge in [0.2, 0.25) is 0 Å². The van der Waals surface area contributed by atoms with Crippen molar-refractivity contribution in [2.24, 2.45) is 0 Å². The molecule has 3 nitrogen and oxygen atoms in total. The van der Waals surface area contributed by atoms with Crippen molar-refractivity contribution in [3.63, 3.8) is 0 Å². The van der Waals surface area contributed by atoms with E-state index in [4.69, 9.17) is 4.98 Å². The van der Waals surface area contributed by atoms with E-state index in [0.717, 1.165) is 46.5 Å². The molecule has 1 aromatic carbocycles. The number of thiazole rings is 1. The van der Waals surface area contributed by atoms with E-state index in [1.807, 2.05) is 12.1 Å². The summed E-state index contributed by atoms with van der Waals surface area (Å²) in [7, 11) is 0. The molecule has 0 saturated heterocycles. The van der Waals surface area contributed by atoms with Crippen LogP contribution in [0.1, 0.15) is 57.0 Å². The maximum absolute atomic E-state index is 11.8. The Hall–Kier alpha value is -1.42. The number of carboxylic acid groups (broad SMARTS) is 1. The van der Waals surface area contributed by atoms with Gasteiger partial charge in [-0.25, -0.2) is 4.98 Å². The third-order valence-electron chi connectivity index (χ3n) is 4.45. The molecular formula is C17H21NO2S. The van der Waals surface area contributed by atoms with Crippen molar-refractivity contribution in [2.75, 3.05) is 0 Å². The minimum absolute atomic E-state index is 0.0295. The molecule has 0 amide bonds. The second kappa shape index (κ2) is 4.80. The number of hydrogen-bond donors (Lipinski definition) is 1. The van der Waals surface area contributed by atoms with E-state index in [2.05, 4.69) is 26.8 Å². The molecule has 112 valence electrons. The lowest BCUT2D eigenvalue weighted by atomic mass is 9.79. The van der Waals surface area contributed by atoms with Gasteiger partial charge in [0, 0.05) is 5.41 Å². The quantitative estimate of drug-likeness (QED) is 0.889. The smallest absolute Gasteiger partial charge is 0.314 e. The SMILES string of the molecule is CC(C)(C)c1nc2ccc(C3(C(=O)O)CCCC3)cc2s1. The monoisotopic (exact) mass is 303 g/mol. The Morgan fingerprint density at radius 3 is 2.52 bits per heavy atom. The molecule has 3 rings (SSSR count). The zero-order valence-electron chi connectivity index (χ0n) is 12.8. The minimum atomic E-state index is -0.681. The molecule has 1 aliphatic carbocycles. The Balaban J connectivity index is 2.10. The van der Waals surface area contributed by atoms with Gasteiger partial charge >= 0.3 is 5.97 Å². The highest BCUT2D eigenvalue weighted by molar-refractivity contribution is 7.18. The van der Waals surface area contributed by atoms with Gasteiger partial charge in [0.25, 0.3) is 0 Å². The first-order valence-electron chi connectivity index (χ1n) is 7.48. The van der Waals surface area contributed by atoms with E-state index in [0.29, 0.717) is 0 Å². The Kier molecular flexibility index (Phi) is 3.32. The van der Waals surface area contributed by atoms with E-state index in [1.54, 1.807) is 11.3 Å². The van der Waals surface area contributed by atoms with Crippen LogP contribution in [0.25, 0.3) is 10.2 Å². The van der Waals surface area contributed by atoms with Crippen LogP contribution in [0, 0.1) is 0 Å². The van der Waals surface area contributed by atoms with Gasteiger partial charge in [0.15, 0.2) is 0 Å². The van der Waals surface area contributed by atoms with Crippen molar-refractivity contribution in [3.8, 4) is 0 Å². The van der Waals surface area contributed by atoms with E-state index in [9.17, 15) is 9.90 Å². The summed E-state index contributed by atoms with van der Waals surface area (Å²) < 4.78 is 1.10. The van der Waals surface area contributed by atoms with Gasteiger partial charge in [0.05, 0.1) is 20.6 Å². The molecule has 1 N–H and O–H groups in total. The van der Waals surface area contributed by atoms with Crippen molar-refractivity contribution in [3.05, 3.63) is 28.8 Å². The van der Waals surface area contributed by atoms with E-state index in [-0.39, 0.29) is 5.41 Å². The largest absolute Gasteiger partial charge is 0.481 e. The topological polar surface area (TPSA) is 50.2 Å². The molecule has 0 radical (unpaired) electrons. The van der Waals surface area contributed by atoms with Crippen molar-refractivity contribution in [1.82, 2.24) is 4.98 Å². The summed E-state index contributed by atoms with van der Waals surface area (Å²) in [5.74, 6) is -0.681. The average molecular weight is 303 g/mol. The highest BCUT2D eigenvalue weighted by Gasteiger charge is 2.43. The lowest BCUT2D eigenvalue weighted by Gasteiger charge is -2.24. The number of aromatic nitrogens is 1. The van der Waals surface area contributed by atoms with Crippen LogP contribution in [0.5, 0.6) is 0 Å². The number of hydrogen-bond acceptors (Lipinski definition) is 3. The molecule has 4 heteroatoms. The summed E-state index contributed by atoms with van der Waals surface area (Å²) in [6, 6.07) is 6.01. The van der Waals surface area contributed by atoms with Crippen LogP contribution in [0.4, 0.5) is 0 Å². The highest BCUT2D eigenvalue weighted by atomic mass is 32.1. The van der Waals surface area contributed by atoms with Crippen LogP contribution < -0.4 is 0 Å². The molecule has 0 unspecified atom stereocenters. The zero-order chi connectivity index (χ0) is 15.3. The molecule has 1 heterocycles. The van der Waals surface area contributed by atoms with Crippen molar-refractivity contribution >= 4 is 27.5 Å². The van der Waals surface area contributed by atoms with E-state index < -0.39 is 11.4 Å². The maximum atomic E-state index is 11.8. The first-order valence-corrected chi connectivity index (χ1v) is 8.29. The fourth-order valence-corrected chi connectivity index (χ4v) is 4.21. The number of fused-ring (bicyclic) bond motifs is 1. The van der Waals surface area contributed by atoms with Crippen LogP contribution in [0.2, 0.25) is 0 Å². The zero-order valence-corrected chi connectivity index (χ0v) is 13.6. The van der Waals surface area contributed by atoms with Gasteiger partial charge in [-0.1, -0.05) is 39.7 Å². The first-order chi connectivity index (χ1) is 9.83. The van der Waals surface area contributed by atoms with Gasteiger partial charge in [-0.15, -0.1) is 11.3 Å². The standard InChI is InChI=1S/C17H21NO2S/c1-16(2,3)14-18-12-7-6-11(10-13(12)21-14)17(15(19)20)8-4-5-9-17/h6-7,10H,4-5,8-9H2,1-3H3,(H,19,20). The van der Waals surface area contributed by atoms with Crippen molar-refractivity contribution < 1.29 is 9.90 Å². The fourth-order valence-electron chi connectivity index (χ4n) is 3.15. The summed E-state index contributed by atoms with van der Waals surface area (Å²) in [5.41, 5.74) is 1.28. The second-order valence-corrected chi connectivity index (χ2v) is 8.08. The number of aliphatic carboxylic acids is 1. The van der Waals surface area contributed by atoms with E-state index in [1.165, 1.54) is 0 Å². The Morgan fingerprint density at radius 2 is 1.95 bits per heavy atom. The summed E-state index contributed by atoms with van der Waals surface area (Å²) in [4.78, 5) is 16.5. The van der Waals surface area contributed by atoms with Crippen LogP contribution >= 0.6 is 11.3 Å². The highest BCUT2D eigenvalue weighted by Crippen LogP contribution is 2.43. The van der Waals surface area contributed by atoms with Crippen LogP contribution in [-0.4, -0.2) is 16.1 Å². The molecule has 0 aliphatic heterocycles. The maximum Gasteiger partial charge on any atom is 0.314 e. The number of rotatable bonds is 2. The molecule has 0 bridgehead atoms. The number of benzene rings is 1. The third-order valence-corrected chi connectivity index (χ3v) is 5.89. The normalized spacial score (nSPS) is 18.2. The predicted molar refractivity (Wildman–Crippen MR) is 86.1 cm³/mol. The summed E-state index contributed by atoms with van der Waals surface area (Å²) >= 11 is 1.68.